The third kappa shape index (κ3) is 3.20. The second-order valence-corrected chi connectivity index (χ2v) is 11.3. The van der Waals surface area contributed by atoms with E-state index in [2.05, 4.69) is 0 Å². The molecule has 37 heavy (non-hydrogen) atoms. The highest BCUT2D eigenvalue weighted by molar-refractivity contribution is 6.71. The third-order valence-corrected chi connectivity index (χ3v) is 9.25. The molecule has 12 atom stereocenters. The van der Waals surface area contributed by atoms with Crippen LogP contribution < -0.4 is 0 Å². The molecule has 3 aliphatic carbocycles. The van der Waals surface area contributed by atoms with Crippen LogP contribution in [0.15, 0.2) is 36.5 Å². The Morgan fingerprint density at radius 3 is 0.811 bits per heavy atom. The monoisotopic (exact) mass is 554 g/mol. The first-order valence-electron chi connectivity index (χ1n) is 11.5. The van der Waals surface area contributed by atoms with Gasteiger partial charge in [-0.1, -0.05) is 18.2 Å². The zero-order valence-corrected chi connectivity index (χ0v) is 20.8. The van der Waals surface area contributed by atoms with Crippen LogP contribution in [-0.4, -0.2) is 75.9 Å². The Hall–Kier alpha value is -1.56. The molecular weight excluding hydrogens is 527 g/mol. The maximum atomic E-state index is 16.9. The molecule has 0 aromatic rings. The van der Waals surface area contributed by atoms with E-state index in [4.69, 9.17) is 0 Å². The van der Waals surface area contributed by atoms with Gasteiger partial charge in [-0.2, -0.15) is 0 Å². The molecule has 0 N–H and O–H groups in total. The van der Waals surface area contributed by atoms with Gasteiger partial charge in [-0.25, -0.2) is 52.7 Å². The molecule has 0 aromatic heterocycles. The Balaban J connectivity index is 2.53. The lowest BCUT2D eigenvalue weighted by Crippen LogP contribution is -2.86. The first kappa shape index (κ1) is 30.0. The van der Waals surface area contributed by atoms with E-state index in [0.29, 0.717) is 0 Å². The molecule has 210 valence electrons. The number of halogens is 12. The van der Waals surface area contributed by atoms with Crippen molar-refractivity contribution in [2.75, 3.05) is 0 Å². The van der Waals surface area contributed by atoms with Gasteiger partial charge in [-0.15, -0.1) is 0 Å². The number of allylic oxidation sites excluding steroid dienone is 6. The van der Waals surface area contributed by atoms with Crippen LogP contribution in [-0.2, 0) is 0 Å². The summed E-state index contributed by atoms with van der Waals surface area (Å²) in [4.78, 5) is 0. The average Bonchev–Trinajstić information content (AvgIpc) is 2.75. The lowest BCUT2D eigenvalue weighted by molar-refractivity contribution is -0.143. The zero-order valence-electron chi connectivity index (χ0n) is 20.8. The van der Waals surface area contributed by atoms with Crippen LogP contribution in [0.25, 0.3) is 0 Å². The summed E-state index contributed by atoms with van der Waals surface area (Å²) in [6.45, 7) is -3.36. The molecule has 12 unspecified atom stereocenters. The van der Waals surface area contributed by atoms with Crippen LogP contribution >= 0.6 is 0 Å². The van der Waals surface area contributed by atoms with Crippen molar-refractivity contribution in [2.24, 2.45) is 0 Å². The normalized spacial score (nSPS) is 60.0. The van der Waals surface area contributed by atoms with E-state index in [-0.39, 0.29) is 78.0 Å². The van der Waals surface area contributed by atoms with Gasteiger partial charge >= 0.3 is 6.71 Å². The lowest BCUT2D eigenvalue weighted by Gasteiger charge is -2.60. The van der Waals surface area contributed by atoms with Crippen LogP contribution in [0.5, 0.6) is 0 Å². The maximum absolute atomic E-state index is 16.9. The molecule has 0 saturated heterocycles. The predicted octanol–water partition coefficient (Wildman–Crippen LogP) is 7.32. The van der Waals surface area contributed by atoms with Crippen molar-refractivity contribution < 1.29 is 52.7 Å². The van der Waals surface area contributed by atoms with E-state index in [1.165, 1.54) is 0 Å². The molecule has 0 saturated carbocycles. The van der Waals surface area contributed by atoms with Gasteiger partial charge in [0.05, 0.1) is 0 Å². The summed E-state index contributed by atoms with van der Waals surface area (Å²) in [6.07, 6.45) is -9.42. The molecule has 0 heterocycles. The molecule has 0 aromatic carbocycles. The quantitative estimate of drug-likeness (QED) is 0.195. The summed E-state index contributed by atoms with van der Waals surface area (Å²) in [6, 6.07) is 0. The number of hydrogen-bond donors (Lipinski definition) is 0. The third-order valence-electron chi connectivity index (χ3n) is 9.25. The summed E-state index contributed by atoms with van der Waals surface area (Å²) in [5, 5.41) is 0. The molecule has 0 bridgehead atoms. The maximum Gasteiger partial charge on any atom is 0.303 e. The molecule has 3 rings (SSSR count). The van der Waals surface area contributed by atoms with Gasteiger partial charge in [0, 0.05) is 0 Å². The molecule has 0 aliphatic heterocycles. The van der Waals surface area contributed by atoms with Crippen LogP contribution in [0.1, 0.15) is 41.5 Å². The minimum Gasteiger partial charge on any atom is -0.245 e. The lowest BCUT2D eigenvalue weighted by atomic mass is 9.16. The second-order valence-electron chi connectivity index (χ2n) is 11.3. The average molecular weight is 554 g/mol. The van der Waals surface area contributed by atoms with Crippen LogP contribution in [0, 0.1) is 0 Å². The molecule has 0 spiro atoms. The molecule has 0 fully saturated rings. The molecule has 0 radical (unpaired) electrons. The van der Waals surface area contributed by atoms with Crippen molar-refractivity contribution in [3.05, 3.63) is 36.5 Å². The largest absolute Gasteiger partial charge is 0.303 e. The number of alkyl halides is 12. The molecule has 0 amide bonds. The first-order chi connectivity index (χ1) is 16.2. The number of rotatable bonds is 3. The van der Waals surface area contributed by atoms with E-state index in [0.717, 1.165) is 0 Å². The van der Waals surface area contributed by atoms with Crippen molar-refractivity contribution >= 4 is 6.71 Å². The molecule has 0 nitrogen and oxygen atoms in total. The minimum atomic E-state index is -4.60. The highest BCUT2D eigenvalue weighted by atomic mass is 19.2. The van der Waals surface area contributed by atoms with Crippen molar-refractivity contribution in [3.8, 4) is 0 Å². The van der Waals surface area contributed by atoms with E-state index in [1.54, 1.807) is 0 Å². The van der Waals surface area contributed by atoms with Gasteiger partial charge in [0.25, 0.3) is 0 Å². The SMILES string of the molecule is CC1(F)C(F)C=CC(F)(B(C2(F)C=CC(F)C(C)(F)C2(C)F)C2(F)C=CC(F)C(C)(F)C2(C)F)C1(C)F. The van der Waals surface area contributed by atoms with E-state index < -0.39 is 75.9 Å². The minimum absolute atomic E-state index is 0.00444. The Kier molecular flexibility index (Phi) is 6.29. The van der Waals surface area contributed by atoms with Crippen LogP contribution in [0.2, 0.25) is 0 Å². The van der Waals surface area contributed by atoms with Gasteiger partial charge in [0.1, 0.15) is 16.7 Å². The zero-order chi connectivity index (χ0) is 29.1. The number of hydrogen-bond acceptors (Lipinski definition) is 0. The van der Waals surface area contributed by atoms with Gasteiger partial charge in [-0.05, 0) is 59.8 Å². The highest BCUT2D eigenvalue weighted by Gasteiger charge is 2.86. The topological polar surface area (TPSA) is 0 Å². The van der Waals surface area contributed by atoms with Crippen molar-refractivity contribution in [1.29, 1.82) is 0 Å². The van der Waals surface area contributed by atoms with Crippen LogP contribution in [0.3, 0.4) is 0 Å². The molecule has 13 heteroatoms. The smallest absolute Gasteiger partial charge is 0.245 e. The second kappa shape index (κ2) is 7.76. The van der Waals surface area contributed by atoms with E-state index in [9.17, 15) is 13.2 Å². The summed E-state index contributed by atoms with van der Waals surface area (Å²) in [5.41, 5.74) is -38.7. The van der Waals surface area contributed by atoms with Gasteiger partial charge in [-0.3, -0.25) is 0 Å². The first-order valence-corrected chi connectivity index (χ1v) is 11.5. The summed E-state index contributed by atoms with van der Waals surface area (Å²) in [7, 11) is 0. The summed E-state index contributed by atoms with van der Waals surface area (Å²) < 4.78 is 188. The fourth-order valence-corrected chi connectivity index (χ4v) is 5.60. The van der Waals surface area contributed by atoms with Gasteiger partial charge < -0.3 is 0 Å². The Morgan fingerprint density at radius 1 is 0.432 bits per heavy atom. The molecular formula is C24H27BF12. The highest BCUT2D eigenvalue weighted by Crippen LogP contribution is 2.63. The molecule has 3 aliphatic rings. The Morgan fingerprint density at radius 2 is 0.622 bits per heavy atom. The Bertz CT molecular complexity index is 902. The fraction of sp³-hybridized carbons (Fsp3) is 0.750. The Labute approximate surface area is 207 Å². The predicted molar refractivity (Wildman–Crippen MR) is 116 cm³/mol. The summed E-state index contributed by atoms with van der Waals surface area (Å²) in [5.74, 6) is 0. The van der Waals surface area contributed by atoms with Crippen molar-refractivity contribution in [1.82, 2.24) is 0 Å². The van der Waals surface area contributed by atoms with Gasteiger partial charge in [0.2, 0.25) is 0 Å². The fourth-order valence-electron chi connectivity index (χ4n) is 5.60. The van der Waals surface area contributed by atoms with Crippen LogP contribution in [0.4, 0.5) is 52.7 Å². The van der Waals surface area contributed by atoms with E-state index >= 15 is 39.5 Å². The van der Waals surface area contributed by atoms with Crippen molar-refractivity contribution in [3.63, 3.8) is 0 Å². The van der Waals surface area contributed by atoms with E-state index in [1.807, 2.05) is 0 Å². The van der Waals surface area contributed by atoms with Crippen molar-refractivity contribution in [2.45, 2.75) is 111 Å². The standard InChI is InChI=1S/C24H27BF12/c1-16(29)13(26)7-10-22(35,19(16,4)32)25(23(36)11-8-14(27)17(2,30)20(23,5)33)24(37)12-9-15(28)18(3,31)21(24,6)34/h7-15H,1-6H3. The van der Waals surface area contributed by atoms with Gasteiger partial charge in [0.15, 0.2) is 52.5 Å². The summed E-state index contributed by atoms with van der Waals surface area (Å²) >= 11 is 0.